The maximum Gasteiger partial charge on any atom is 0.158 e. The Morgan fingerprint density at radius 2 is 1.60 bits per heavy atom. The van der Waals surface area contributed by atoms with Crippen LogP contribution in [0.3, 0.4) is 0 Å². The first-order valence-electron chi connectivity index (χ1n) is 7.68. The summed E-state index contributed by atoms with van der Waals surface area (Å²) in [6.45, 7) is 11.8. The van der Waals surface area contributed by atoms with Gasteiger partial charge in [-0.25, -0.2) is 0 Å². The fourth-order valence-electron chi connectivity index (χ4n) is 2.20. The molecule has 0 saturated carbocycles. The second kappa shape index (κ2) is 9.92. The zero-order valence-corrected chi connectivity index (χ0v) is 13.3. The van der Waals surface area contributed by atoms with Gasteiger partial charge in [-0.1, -0.05) is 30.3 Å². The van der Waals surface area contributed by atoms with Crippen molar-refractivity contribution in [3.8, 4) is 0 Å². The van der Waals surface area contributed by atoms with Gasteiger partial charge >= 0.3 is 0 Å². The molecule has 114 valence electrons. The van der Waals surface area contributed by atoms with Crippen LogP contribution in [0.2, 0.25) is 0 Å². The van der Waals surface area contributed by atoms with Crippen molar-refractivity contribution >= 4 is 0 Å². The summed E-state index contributed by atoms with van der Waals surface area (Å²) in [5.74, 6) is 0. The highest BCUT2D eigenvalue weighted by Crippen LogP contribution is 2.11. The molecule has 0 amide bonds. The average molecular weight is 279 g/mol. The largest absolute Gasteiger partial charge is 0.353 e. The third-order valence-electron chi connectivity index (χ3n) is 3.32. The van der Waals surface area contributed by atoms with Gasteiger partial charge in [0, 0.05) is 38.8 Å². The van der Waals surface area contributed by atoms with Crippen LogP contribution in [0.25, 0.3) is 0 Å². The first-order valence-corrected chi connectivity index (χ1v) is 7.68. The minimum absolute atomic E-state index is 0.0815. The molecule has 20 heavy (non-hydrogen) atoms. The molecule has 0 aliphatic carbocycles. The summed E-state index contributed by atoms with van der Waals surface area (Å²) in [4.78, 5) is 2.46. The minimum Gasteiger partial charge on any atom is -0.353 e. The lowest BCUT2D eigenvalue weighted by atomic mass is 10.2. The summed E-state index contributed by atoms with van der Waals surface area (Å²) in [7, 11) is 0. The molecule has 0 atom stereocenters. The molecule has 0 N–H and O–H groups in total. The van der Waals surface area contributed by atoms with Crippen molar-refractivity contribution in [2.75, 3.05) is 19.8 Å². The molecular formula is C17H29NO2. The molecule has 0 fully saturated rings. The Labute approximate surface area is 123 Å². The van der Waals surface area contributed by atoms with E-state index in [2.05, 4.69) is 49.1 Å². The molecule has 3 heteroatoms. The highest BCUT2D eigenvalue weighted by Gasteiger charge is 2.14. The Morgan fingerprint density at radius 1 is 1.00 bits per heavy atom. The SMILES string of the molecule is CCOC(CCN(Cc1ccccc1)C(C)C)OCC. The van der Waals surface area contributed by atoms with Gasteiger partial charge in [-0.15, -0.1) is 0 Å². The Balaban J connectivity index is 2.50. The summed E-state index contributed by atoms with van der Waals surface area (Å²) in [6, 6.07) is 11.1. The third kappa shape index (κ3) is 6.51. The van der Waals surface area contributed by atoms with E-state index in [0.717, 1.165) is 19.5 Å². The highest BCUT2D eigenvalue weighted by atomic mass is 16.7. The highest BCUT2D eigenvalue weighted by molar-refractivity contribution is 5.14. The van der Waals surface area contributed by atoms with Gasteiger partial charge in [0.1, 0.15) is 0 Å². The molecule has 0 heterocycles. The van der Waals surface area contributed by atoms with Crippen LogP contribution in [0.1, 0.15) is 39.7 Å². The Morgan fingerprint density at radius 3 is 2.10 bits per heavy atom. The van der Waals surface area contributed by atoms with E-state index in [9.17, 15) is 0 Å². The molecule has 0 aromatic heterocycles. The predicted octanol–water partition coefficient (Wildman–Crippen LogP) is 3.69. The van der Waals surface area contributed by atoms with E-state index in [0.29, 0.717) is 19.3 Å². The number of rotatable bonds is 10. The lowest BCUT2D eigenvalue weighted by molar-refractivity contribution is -0.142. The van der Waals surface area contributed by atoms with E-state index in [1.807, 2.05) is 13.8 Å². The van der Waals surface area contributed by atoms with Crippen LogP contribution in [0.4, 0.5) is 0 Å². The normalized spacial score (nSPS) is 11.8. The summed E-state index contributed by atoms with van der Waals surface area (Å²) >= 11 is 0. The van der Waals surface area contributed by atoms with E-state index in [4.69, 9.17) is 9.47 Å². The molecule has 1 aromatic carbocycles. The topological polar surface area (TPSA) is 21.7 Å². The van der Waals surface area contributed by atoms with Crippen molar-refractivity contribution in [1.29, 1.82) is 0 Å². The molecule has 0 saturated heterocycles. The van der Waals surface area contributed by atoms with Crippen molar-refractivity contribution in [2.24, 2.45) is 0 Å². The number of benzene rings is 1. The van der Waals surface area contributed by atoms with E-state index < -0.39 is 0 Å². The van der Waals surface area contributed by atoms with E-state index in [-0.39, 0.29) is 6.29 Å². The van der Waals surface area contributed by atoms with E-state index in [1.165, 1.54) is 5.56 Å². The summed E-state index contributed by atoms with van der Waals surface area (Å²) < 4.78 is 11.2. The average Bonchev–Trinajstić information content (AvgIpc) is 2.44. The van der Waals surface area contributed by atoms with E-state index in [1.54, 1.807) is 0 Å². The molecule has 3 nitrogen and oxygen atoms in total. The molecular weight excluding hydrogens is 250 g/mol. The summed E-state index contributed by atoms with van der Waals surface area (Å²) in [5, 5.41) is 0. The van der Waals surface area contributed by atoms with Crippen LogP contribution in [-0.2, 0) is 16.0 Å². The van der Waals surface area contributed by atoms with Gasteiger partial charge in [-0.2, -0.15) is 0 Å². The van der Waals surface area contributed by atoms with Gasteiger partial charge in [0.15, 0.2) is 6.29 Å². The fourth-order valence-corrected chi connectivity index (χ4v) is 2.20. The van der Waals surface area contributed by atoms with Crippen molar-refractivity contribution < 1.29 is 9.47 Å². The van der Waals surface area contributed by atoms with Gasteiger partial charge in [-0.05, 0) is 33.3 Å². The Kier molecular flexibility index (Phi) is 8.51. The predicted molar refractivity (Wildman–Crippen MR) is 83.6 cm³/mol. The van der Waals surface area contributed by atoms with Crippen LogP contribution in [-0.4, -0.2) is 37.0 Å². The standard InChI is InChI=1S/C17H29NO2/c1-5-19-17(20-6-2)12-13-18(15(3)4)14-16-10-8-7-9-11-16/h7-11,15,17H,5-6,12-14H2,1-4H3. The maximum absolute atomic E-state index is 5.61. The van der Waals surface area contributed by atoms with Gasteiger partial charge in [0.25, 0.3) is 0 Å². The summed E-state index contributed by atoms with van der Waals surface area (Å²) in [6.07, 6.45) is 0.828. The van der Waals surface area contributed by atoms with Crippen molar-refractivity contribution in [3.63, 3.8) is 0 Å². The number of hydrogen-bond donors (Lipinski definition) is 0. The number of nitrogens with zero attached hydrogens (tertiary/aromatic N) is 1. The minimum atomic E-state index is -0.0815. The fraction of sp³-hybridized carbons (Fsp3) is 0.647. The van der Waals surface area contributed by atoms with Gasteiger partial charge in [0.05, 0.1) is 0 Å². The Bertz CT molecular complexity index is 334. The lowest BCUT2D eigenvalue weighted by Gasteiger charge is -2.28. The molecule has 0 bridgehead atoms. The molecule has 1 rings (SSSR count). The van der Waals surface area contributed by atoms with Crippen LogP contribution in [0.5, 0.6) is 0 Å². The molecule has 0 unspecified atom stereocenters. The van der Waals surface area contributed by atoms with Crippen molar-refractivity contribution in [3.05, 3.63) is 35.9 Å². The quantitative estimate of drug-likeness (QED) is 0.610. The lowest BCUT2D eigenvalue weighted by Crippen LogP contribution is -2.34. The monoisotopic (exact) mass is 279 g/mol. The molecule has 0 aliphatic heterocycles. The van der Waals surface area contributed by atoms with Crippen LogP contribution >= 0.6 is 0 Å². The number of hydrogen-bond acceptors (Lipinski definition) is 3. The zero-order valence-electron chi connectivity index (χ0n) is 13.3. The van der Waals surface area contributed by atoms with Gasteiger partial charge < -0.3 is 9.47 Å². The molecule has 0 aliphatic rings. The van der Waals surface area contributed by atoms with Crippen LogP contribution in [0.15, 0.2) is 30.3 Å². The molecule has 0 spiro atoms. The first-order chi connectivity index (χ1) is 9.67. The third-order valence-corrected chi connectivity index (χ3v) is 3.32. The van der Waals surface area contributed by atoms with Gasteiger partial charge in [-0.3, -0.25) is 4.90 Å². The maximum atomic E-state index is 5.61. The van der Waals surface area contributed by atoms with Crippen molar-refractivity contribution in [1.82, 2.24) is 4.90 Å². The second-order valence-corrected chi connectivity index (χ2v) is 5.18. The van der Waals surface area contributed by atoms with E-state index >= 15 is 0 Å². The molecule has 1 aromatic rings. The summed E-state index contributed by atoms with van der Waals surface area (Å²) in [5.41, 5.74) is 1.35. The van der Waals surface area contributed by atoms with Crippen molar-refractivity contribution in [2.45, 2.75) is 53.0 Å². The second-order valence-electron chi connectivity index (χ2n) is 5.18. The Hall–Kier alpha value is -0.900. The van der Waals surface area contributed by atoms with Crippen LogP contribution < -0.4 is 0 Å². The number of ether oxygens (including phenoxy) is 2. The van der Waals surface area contributed by atoms with Gasteiger partial charge in [0.2, 0.25) is 0 Å². The molecule has 0 radical (unpaired) electrons. The smallest absolute Gasteiger partial charge is 0.158 e. The van der Waals surface area contributed by atoms with Crippen LogP contribution in [0, 0.1) is 0 Å². The first kappa shape index (κ1) is 17.2. The zero-order chi connectivity index (χ0) is 14.8.